The van der Waals surface area contributed by atoms with Crippen molar-refractivity contribution in [3.8, 4) is 0 Å². The largest absolute Gasteiger partial charge is 0.440 e. The molecule has 0 saturated carbocycles. The van der Waals surface area contributed by atoms with Crippen LogP contribution in [0.1, 0.15) is 27.4 Å². The summed E-state index contributed by atoms with van der Waals surface area (Å²) in [6, 6.07) is 23.2. The lowest BCUT2D eigenvalue weighted by Gasteiger charge is -2.17. The van der Waals surface area contributed by atoms with Crippen molar-refractivity contribution in [2.24, 2.45) is 0 Å². The maximum Gasteiger partial charge on any atom is 0.253 e. The van der Waals surface area contributed by atoms with Crippen molar-refractivity contribution >= 4 is 28.6 Å². The summed E-state index contributed by atoms with van der Waals surface area (Å²) in [4.78, 5) is 19.1. The van der Waals surface area contributed by atoms with E-state index in [4.69, 9.17) is 16.0 Å². The van der Waals surface area contributed by atoms with Crippen LogP contribution < -0.4 is 0 Å². The van der Waals surface area contributed by atoms with Gasteiger partial charge in [0.25, 0.3) is 5.91 Å². The van der Waals surface area contributed by atoms with E-state index in [9.17, 15) is 4.79 Å². The molecule has 5 heteroatoms. The number of amides is 1. The highest BCUT2D eigenvalue weighted by molar-refractivity contribution is 6.30. The van der Waals surface area contributed by atoms with Gasteiger partial charge in [0.1, 0.15) is 5.52 Å². The van der Waals surface area contributed by atoms with Gasteiger partial charge in [-0.2, -0.15) is 0 Å². The first-order chi connectivity index (χ1) is 14.1. The molecule has 0 aliphatic heterocycles. The van der Waals surface area contributed by atoms with Gasteiger partial charge in [0.05, 0.1) is 0 Å². The van der Waals surface area contributed by atoms with E-state index in [1.807, 2.05) is 55.6 Å². The highest BCUT2D eigenvalue weighted by atomic mass is 35.5. The molecule has 0 spiro atoms. The second-order valence-electron chi connectivity index (χ2n) is 7.06. The van der Waals surface area contributed by atoms with Gasteiger partial charge in [0.2, 0.25) is 0 Å². The van der Waals surface area contributed by atoms with Gasteiger partial charge in [-0.15, -0.1) is 0 Å². The molecule has 4 rings (SSSR count). The molecule has 146 valence electrons. The molecule has 1 heterocycles. The zero-order chi connectivity index (χ0) is 20.2. The minimum absolute atomic E-state index is 0.0318. The van der Waals surface area contributed by atoms with Crippen LogP contribution in [0.5, 0.6) is 0 Å². The third kappa shape index (κ3) is 4.66. The predicted octanol–water partition coefficient (Wildman–Crippen LogP) is 5.39. The Hall–Kier alpha value is -3.11. The molecule has 4 aromatic rings. The number of nitrogens with zero attached hydrogens (tertiary/aromatic N) is 2. The molecule has 0 saturated heterocycles. The second kappa shape index (κ2) is 8.50. The molecule has 4 nitrogen and oxygen atoms in total. The van der Waals surface area contributed by atoms with Crippen LogP contribution >= 0.6 is 11.6 Å². The molecule has 0 fully saturated rings. The third-order valence-corrected chi connectivity index (χ3v) is 5.08. The number of halogens is 1. The van der Waals surface area contributed by atoms with Crippen molar-refractivity contribution in [3.05, 3.63) is 100 Å². The van der Waals surface area contributed by atoms with Gasteiger partial charge < -0.3 is 9.32 Å². The topological polar surface area (TPSA) is 46.3 Å². The smallest absolute Gasteiger partial charge is 0.253 e. The van der Waals surface area contributed by atoms with Crippen LogP contribution in [0.3, 0.4) is 0 Å². The van der Waals surface area contributed by atoms with E-state index >= 15 is 0 Å². The number of hydrogen-bond donors (Lipinski definition) is 0. The number of carbonyl (C=O) groups excluding carboxylic acids is 1. The average molecular weight is 405 g/mol. The van der Waals surface area contributed by atoms with Crippen LogP contribution in [-0.2, 0) is 12.8 Å². The van der Waals surface area contributed by atoms with Gasteiger partial charge in [-0.1, -0.05) is 54.1 Å². The van der Waals surface area contributed by atoms with E-state index in [0.717, 1.165) is 17.5 Å². The molecule has 0 unspecified atom stereocenters. The zero-order valence-corrected chi connectivity index (χ0v) is 16.9. The van der Waals surface area contributed by atoms with Crippen molar-refractivity contribution in [1.82, 2.24) is 9.88 Å². The number of rotatable bonds is 6. The van der Waals surface area contributed by atoms with Gasteiger partial charge >= 0.3 is 0 Å². The van der Waals surface area contributed by atoms with Crippen molar-refractivity contribution in [2.75, 3.05) is 13.6 Å². The van der Waals surface area contributed by atoms with E-state index in [0.29, 0.717) is 35.0 Å². The Morgan fingerprint density at radius 3 is 2.59 bits per heavy atom. The molecule has 0 bridgehead atoms. The summed E-state index contributed by atoms with van der Waals surface area (Å²) in [6.07, 6.45) is 1.37. The summed E-state index contributed by atoms with van der Waals surface area (Å²) >= 11 is 6.05. The van der Waals surface area contributed by atoms with Gasteiger partial charge in [0, 0.05) is 30.6 Å². The third-order valence-electron chi connectivity index (χ3n) is 4.85. The Kier molecular flexibility index (Phi) is 5.63. The minimum atomic E-state index is -0.0318. The van der Waals surface area contributed by atoms with E-state index < -0.39 is 0 Å². The van der Waals surface area contributed by atoms with Crippen molar-refractivity contribution in [1.29, 1.82) is 0 Å². The lowest BCUT2D eigenvalue weighted by Crippen LogP contribution is -2.28. The molecule has 1 amide bonds. The fourth-order valence-electron chi connectivity index (χ4n) is 3.27. The molecule has 0 aliphatic carbocycles. The summed E-state index contributed by atoms with van der Waals surface area (Å²) < 4.78 is 5.89. The maximum absolute atomic E-state index is 12.8. The molecule has 0 atom stereocenters. The van der Waals surface area contributed by atoms with E-state index in [1.54, 1.807) is 17.0 Å². The van der Waals surface area contributed by atoms with Crippen LogP contribution in [0.2, 0.25) is 5.02 Å². The quantitative estimate of drug-likeness (QED) is 0.433. The standard InChI is InChI=1S/C24H21ClN2O2/c1-27(13-12-17-6-3-2-4-7-17)24(28)19-10-11-21-22(16-19)29-23(26-21)15-18-8-5-9-20(25)14-18/h2-11,14,16H,12-13,15H2,1H3. The molecule has 0 radical (unpaired) electrons. The van der Waals surface area contributed by atoms with Crippen LogP contribution in [0.25, 0.3) is 11.1 Å². The van der Waals surface area contributed by atoms with Crippen molar-refractivity contribution in [2.45, 2.75) is 12.8 Å². The summed E-state index contributed by atoms with van der Waals surface area (Å²) in [5.41, 5.74) is 4.19. The van der Waals surface area contributed by atoms with E-state index in [1.165, 1.54) is 5.56 Å². The molecular weight excluding hydrogens is 384 g/mol. The number of benzene rings is 3. The number of aromatic nitrogens is 1. The lowest BCUT2D eigenvalue weighted by molar-refractivity contribution is 0.0796. The van der Waals surface area contributed by atoms with Crippen molar-refractivity contribution < 1.29 is 9.21 Å². The average Bonchev–Trinajstić information content (AvgIpc) is 3.13. The molecule has 3 aromatic carbocycles. The fourth-order valence-corrected chi connectivity index (χ4v) is 3.48. The van der Waals surface area contributed by atoms with Crippen LogP contribution in [-0.4, -0.2) is 29.4 Å². The minimum Gasteiger partial charge on any atom is -0.440 e. The van der Waals surface area contributed by atoms with Crippen LogP contribution in [0, 0.1) is 0 Å². The van der Waals surface area contributed by atoms with Gasteiger partial charge in [0.15, 0.2) is 11.5 Å². The van der Waals surface area contributed by atoms with Crippen LogP contribution in [0.15, 0.2) is 77.2 Å². The van der Waals surface area contributed by atoms with E-state index in [2.05, 4.69) is 17.1 Å². The Labute approximate surface area is 174 Å². The SMILES string of the molecule is CN(CCc1ccccc1)C(=O)c1ccc2nc(Cc3cccc(Cl)c3)oc2c1. The normalized spacial score (nSPS) is 11.0. The molecular formula is C24H21ClN2O2. The lowest BCUT2D eigenvalue weighted by atomic mass is 10.1. The summed E-state index contributed by atoms with van der Waals surface area (Å²) in [6.45, 7) is 0.650. The predicted molar refractivity (Wildman–Crippen MR) is 115 cm³/mol. The first-order valence-corrected chi connectivity index (χ1v) is 9.89. The number of oxazole rings is 1. The monoisotopic (exact) mass is 404 g/mol. The molecule has 1 aromatic heterocycles. The first kappa shape index (κ1) is 19.2. The fraction of sp³-hybridized carbons (Fsp3) is 0.167. The highest BCUT2D eigenvalue weighted by Crippen LogP contribution is 2.21. The molecule has 0 aliphatic rings. The first-order valence-electron chi connectivity index (χ1n) is 9.52. The summed E-state index contributed by atoms with van der Waals surface area (Å²) in [5, 5.41) is 0.685. The Bertz CT molecular complexity index is 1140. The molecule has 0 N–H and O–H groups in total. The molecule has 29 heavy (non-hydrogen) atoms. The number of hydrogen-bond acceptors (Lipinski definition) is 3. The van der Waals surface area contributed by atoms with Gasteiger partial charge in [-0.3, -0.25) is 4.79 Å². The summed E-state index contributed by atoms with van der Waals surface area (Å²) in [7, 11) is 1.82. The Morgan fingerprint density at radius 1 is 1.00 bits per heavy atom. The maximum atomic E-state index is 12.8. The Balaban J connectivity index is 1.47. The zero-order valence-electron chi connectivity index (χ0n) is 16.1. The van der Waals surface area contributed by atoms with Gasteiger partial charge in [-0.05, 0) is 47.9 Å². The van der Waals surface area contributed by atoms with E-state index in [-0.39, 0.29) is 5.91 Å². The number of fused-ring (bicyclic) bond motifs is 1. The van der Waals surface area contributed by atoms with Crippen LogP contribution in [0.4, 0.5) is 0 Å². The van der Waals surface area contributed by atoms with Gasteiger partial charge in [-0.25, -0.2) is 4.98 Å². The van der Waals surface area contributed by atoms with Crippen molar-refractivity contribution in [3.63, 3.8) is 0 Å². The Morgan fingerprint density at radius 2 is 1.79 bits per heavy atom. The highest BCUT2D eigenvalue weighted by Gasteiger charge is 2.15. The number of carbonyl (C=O) groups is 1. The summed E-state index contributed by atoms with van der Waals surface area (Å²) in [5.74, 6) is 0.569. The number of likely N-dealkylation sites (N-methyl/N-ethyl adjacent to an activating group) is 1. The second-order valence-corrected chi connectivity index (χ2v) is 7.50.